The number of hydrogen-bond donors (Lipinski definition) is 2. The van der Waals surface area contributed by atoms with Gasteiger partial charge in [0.15, 0.2) is 0 Å². The van der Waals surface area contributed by atoms with E-state index in [1.165, 1.54) is 11.2 Å². The largest absolute Gasteiger partial charge is 0.328 e. The lowest BCUT2D eigenvalue weighted by atomic mass is 10.2. The molecular weight excluding hydrogens is 322 g/mol. The van der Waals surface area contributed by atoms with Gasteiger partial charge in [-0.25, -0.2) is 9.78 Å². The molecule has 0 radical (unpaired) electrons. The quantitative estimate of drug-likeness (QED) is 0.752. The summed E-state index contributed by atoms with van der Waals surface area (Å²) in [6, 6.07) is 7.66. The molecule has 1 aliphatic rings. The van der Waals surface area contributed by atoms with Crippen LogP contribution in [0, 0.1) is 5.92 Å². The van der Waals surface area contributed by atoms with E-state index in [1.54, 1.807) is 4.68 Å². The number of carbonyl (C=O) groups is 1. The van der Waals surface area contributed by atoms with Crippen LogP contribution in [0.3, 0.4) is 0 Å². The van der Waals surface area contributed by atoms with Crippen LogP contribution in [0.1, 0.15) is 38.1 Å². The second-order valence-electron chi connectivity index (χ2n) is 6.03. The van der Waals surface area contributed by atoms with Gasteiger partial charge in [0.05, 0.1) is 6.04 Å². The number of aryl methyl sites for hydroxylation is 1. The lowest BCUT2D eigenvalue weighted by Crippen LogP contribution is -2.35. The number of amides is 2. The highest BCUT2D eigenvalue weighted by Crippen LogP contribution is 2.40. The van der Waals surface area contributed by atoms with Crippen molar-refractivity contribution in [2.75, 3.05) is 11.1 Å². The number of rotatable bonds is 7. The maximum Gasteiger partial charge on any atom is 0.319 e. The number of anilines is 1. The molecular formula is C17H23N5OS. The Morgan fingerprint density at radius 1 is 1.38 bits per heavy atom. The Labute approximate surface area is 146 Å². The number of thioether (sulfide) groups is 1. The van der Waals surface area contributed by atoms with Crippen LogP contribution >= 0.6 is 11.8 Å². The fourth-order valence-electron chi connectivity index (χ4n) is 2.57. The Morgan fingerprint density at radius 2 is 2.12 bits per heavy atom. The van der Waals surface area contributed by atoms with Crippen molar-refractivity contribution < 1.29 is 4.79 Å². The molecule has 24 heavy (non-hydrogen) atoms. The van der Waals surface area contributed by atoms with Crippen molar-refractivity contribution in [2.24, 2.45) is 13.0 Å². The molecule has 2 amide bonds. The van der Waals surface area contributed by atoms with E-state index in [0.29, 0.717) is 5.92 Å². The summed E-state index contributed by atoms with van der Waals surface area (Å²) < 4.78 is 1.73. The van der Waals surface area contributed by atoms with Crippen molar-refractivity contribution in [1.82, 2.24) is 20.1 Å². The molecule has 2 aromatic rings. The summed E-state index contributed by atoms with van der Waals surface area (Å²) >= 11 is 1.82. The van der Waals surface area contributed by atoms with Crippen molar-refractivity contribution in [3.05, 3.63) is 36.4 Å². The zero-order valence-electron chi connectivity index (χ0n) is 14.0. The number of hydrogen-bond acceptors (Lipinski definition) is 4. The molecule has 6 nitrogen and oxygen atoms in total. The van der Waals surface area contributed by atoms with Crippen molar-refractivity contribution in [3.8, 4) is 0 Å². The highest BCUT2D eigenvalue weighted by molar-refractivity contribution is 7.99. The predicted molar refractivity (Wildman–Crippen MR) is 96.1 cm³/mol. The maximum absolute atomic E-state index is 12.3. The second-order valence-corrected chi connectivity index (χ2v) is 7.20. The first kappa shape index (κ1) is 16.8. The summed E-state index contributed by atoms with van der Waals surface area (Å²) in [6.45, 7) is 2.17. The van der Waals surface area contributed by atoms with Gasteiger partial charge in [0.25, 0.3) is 0 Å². The van der Waals surface area contributed by atoms with Crippen LogP contribution in [0.5, 0.6) is 0 Å². The average molecular weight is 345 g/mol. The Kier molecular flexibility index (Phi) is 5.40. The molecule has 1 aromatic heterocycles. The minimum Gasteiger partial charge on any atom is -0.328 e. The van der Waals surface area contributed by atoms with Gasteiger partial charge >= 0.3 is 6.03 Å². The molecule has 0 unspecified atom stereocenters. The minimum absolute atomic E-state index is 0.0862. The third kappa shape index (κ3) is 4.29. The summed E-state index contributed by atoms with van der Waals surface area (Å²) in [6.07, 6.45) is 4.90. The molecule has 2 N–H and O–H groups in total. The van der Waals surface area contributed by atoms with Gasteiger partial charge < -0.3 is 10.6 Å². The first-order valence-corrected chi connectivity index (χ1v) is 9.30. The second kappa shape index (κ2) is 7.70. The highest BCUT2D eigenvalue weighted by atomic mass is 32.2. The van der Waals surface area contributed by atoms with Crippen LogP contribution < -0.4 is 10.6 Å². The maximum atomic E-state index is 12.3. The summed E-state index contributed by atoms with van der Waals surface area (Å²) in [5, 5.41) is 10.0. The third-order valence-electron chi connectivity index (χ3n) is 3.99. The van der Waals surface area contributed by atoms with E-state index in [4.69, 9.17) is 0 Å². The lowest BCUT2D eigenvalue weighted by molar-refractivity contribution is 0.246. The van der Waals surface area contributed by atoms with Crippen LogP contribution in [0.15, 0.2) is 35.5 Å². The Hall–Kier alpha value is -2.02. The molecule has 1 atom stereocenters. The van der Waals surface area contributed by atoms with E-state index in [9.17, 15) is 4.79 Å². The predicted octanol–water partition coefficient (Wildman–Crippen LogP) is 3.59. The zero-order chi connectivity index (χ0) is 16.9. The van der Waals surface area contributed by atoms with Gasteiger partial charge in [-0.15, -0.1) is 11.8 Å². The fourth-order valence-corrected chi connectivity index (χ4v) is 3.34. The average Bonchev–Trinajstić information content (AvgIpc) is 3.33. The summed E-state index contributed by atoms with van der Waals surface area (Å²) in [5.41, 5.74) is 0.792. The lowest BCUT2D eigenvalue weighted by Gasteiger charge is -2.18. The normalized spacial score (nSPS) is 15.1. The van der Waals surface area contributed by atoms with Gasteiger partial charge in [-0.2, -0.15) is 5.10 Å². The SMILES string of the molecule is CCCSc1ccc(NC(=O)N[C@@H](c2ncnn2C)C2CC2)cc1. The van der Waals surface area contributed by atoms with Gasteiger partial charge in [0.1, 0.15) is 12.2 Å². The zero-order valence-corrected chi connectivity index (χ0v) is 14.8. The van der Waals surface area contributed by atoms with Crippen molar-refractivity contribution in [1.29, 1.82) is 0 Å². The Bertz CT molecular complexity index is 681. The van der Waals surface area contributed by atoms with Crippen LogP contribution in [-0.4, -0.2) is 26.5 Å². The number of urea groups is 1. The van der Waals surface area contributed by atoms with E-state index in [-0.39, 0.29) is 12.1 Å². The molecule has 128 valence electrons. The van der Waals surface area contributed by atoms with Gasteiger partial charge in [-0.1, -0.05) is 6.92 Å². The van der Waals surface area contributed by atoms with E-state index in [2.05, 4.69) is 27.6 Å². The minimum atomic E-state index is -0.205. The summed E-state index contributed by atoms with van der Waals surface area (Å²) in [7, 11) is 1.85. The van der Waals surface area contributed by atoms with Gasteiger partial charge in [0.2, 0.25) is 0 Å². The molecule has 0 spiro atoms. The number of benzene rings is 1. The van der Waals surface area contributed by atoms with Crippen LogP contribution in [0.25, 0.3) is 0 Å². The number of carbonyl (C=O) groups excluding carboxylic acids is 1. The highest BCUT2D eigenvalue weighted by Gasteiger charge is 2.36. The Balaban J connectivity index is 1.59. The summed E-state index contributed by atoms with van der Waals surface area (Å²) in [4.78, 5) is 17.8. The first-order valence-electron chi connectivity index (χ1n) is 8.31. The van der Waals surface area contributed by atoms with E-state index < -0.39 is 0 Å². The van der Waals surface area contributed by atoms with E-state index in [1.807, 2.05) is 43.1 Å². The molecule has 1 heterocycles. The molecule has 0 aliphatic heterocycles. The third-order valence-corrected chi connectivity index (χ3v) is 5.21. The first-order chi connectivity index (χ1) is 11.7. The summed E-state index contributed by atoms with van der Waals surface area (Å²) in [5.74, 6) is 2.36. The molecule has 0 bridgehead atoms. The van der Waals surface area contributed by atoms with Crippen LogP contribution in [0.4, 0.5) is 10.5 Å². The monoisotopic (exact) mass is 345 g/mol. The number of aromatic nitrogens is 3. The Morgan fingerprint density at radius 3 is 2.71 bits per heavy atom. The standard InChI is InChI=1S/C17H23N5OS/c1-3-10-24-14-8-6-13(7-9-14)20-17(23)21-15(12-4-5-12)16-18-11-19-22(16)2/h6-9,11-12,15H,3-5,10H2,1-2H3,(H2,20,21,23)/t15-/m1/s1. The molecule has 1 aliphatic carbocycles. The smallest absolute Gasteiger partial charge is 0.319 e. The molecule has 0 saturated heterocycles. The number of nitrogens with one attached hydrogen (secondary N) is 2. The van der Waals surface area contributed by atoms with Gasteiger partial charge in [-0.3, -0.25) is 4.68 Å². The molecule has 1 saturated carbocycles. The van der Waals surface area contributed by atoms with Gasteiger partial charge in [-0.05, 0) is 55.2 Å². The molecule has 1 aromatic carbocycles. The van der Waals surface area contributed by atoms with Crippen LogP contribution in [0.2, 0.25) is 0 Å². The van der Waals surface area contributed by atoms with Crippen LogP contribution in [-0.2, 0) is 7.05 Å². The number of nitrogens with zero attached hydrogens (tertiary/aromatic N) is 3. The molecule has 7 heteroatoms. The van der Waals surface area contributed by atoms with Gasteiger partial charge in [0, 0.05) is 17.6 Å². The van der Waals surface area contributed by atoms with Crippen molar-refractivity contribution >= 4 is 23.5 Å². The topological polar surface area (TPSA) is 71.8 Å². The van der Waals surface area contributed by atoms with E-state index in [0.717, 1.165) is 36.5 Å². The fraction of sp³-hybridized carbons (Fsp3) is 0.471. The molecule has 1 fully saturated rings. The van der Waals surface area contributed by atoms with Crippen molar-refractivity contribution in [3.63, 3.8) is 0 Å². The van der Waals surface area contributed by atoms with Crippen molar-refractivity contribution in [2.45, 2.75) is 37.1 Å². The molecule has 3 rings (SSSR count). The van der Waals surface area contributed by atoms with E-state index >= 15 is 0 Å².